The average Bonchev–Trinajstić information content (AvgIpc) is 2.59. The van der Waals surface area contributed by atoms with E-state index in [9.17, 15) is 4.79 Å². The average molecular weight is 349 g/mol. The molecule has 1 aromatic carbocycles. The van der Waals surface area contributed by atoms with Crippen LogP contribution in [0.4, 0.5) is 5.69 Å². The molecule has 0 saturated heterocycles. The Morgan fingerprint density at radius 3 is 2.46 bits per heavy atom. The van der Waals surface area contributed by atoms with Gasteiger partial charge in [0, 0.05) is 23.0 Å². The summed E-state index contributed by atoms with van der Waals surface area (Å²) in [4.78, 5) is 16.3. The number of nitrogens with one attached hydrogen (secondary N) is 1. The first-order valence-corrected chi connectivity index (χ1v) is 8.34. The molecule has 24 heavy (non-hydrogen) atoms. The molecule has 0 aliphatic rings. The highest BCUT2D eigenvalue weighted by Crippen LogP contribution is 2.31. The summed E-state index contributed by atoms with van der Waals surface area (Å²) in [5.41, 5.74) is 0.863. The van der Waals surface area contributed by atoms with E-state index < -0.39 is 0 Å². The fourth-order valence-corrected chi connectivity index (χ4v) is 2.13. The minimum atomic E-state index is -0.332. The monoisotopic (exact) mass is 348 g/mol. The van der Waals surface area contributed by atoms with Gasteiger partial charge in [0.05, 0.1) is 13.2 Å². The van der Waals surface area contributed by atoms with Gasteiger partial charge in [0.1, 0.15) is 5.69 Å². The van der Waals surface area contributed by atoms with Crippen LogP contribution >= 0.6 is 11.6 Å². The van der Waals surface area contributed by atoms with Gasteiger partial charge in [-0.2, -0.15) is 0 Å². The van der Waals surface area contributed by atoms with E-state index in [-0.39, 0.29) is 11.6 Å². The van der Waals surface area contributed by atoms with Gasteiger partial charge in [-0.3, -0.25) is 9.78 Å². The van der Waals surface area contributed by atoms with E-state index in [0.29, 0.717) is 35.4 Å². The van der Waals surface area contributed by atoms with Crippen molar-refractivity contribution in [3.8, 4) is 11.5 Å². The number of nitrogens with zero attached hydrogens (tertiary/aromatic N) is 1. The van der Waals surface area contributed by atoms with E-state index in [2.05, 4.69) is 10.3 Å². The van der Waals surface area contributed by atoms with Gasteiger partial charge in [-0.05, 0) is 37.1 Å². The molecule has 5 nitrogen and oxygen atoms in total. The van der Waals surface area contributed by atoms with Crippen LogP contribution in [-0.4, -0.2) is 24.1 Å². The fourth-order valence-electron chi connectivity index (χ4n) is 1.97. The highest BCUT2D eigenvalue weighted by Gasteiger charge is 2.11. The Morgan fingerprint density at radius 1 is 1.08 bits per heavy atom. The third kappa shape index (κ3) is 5.13. The summed E-state index contributed by atoms with van der Waals surface area (Å²) in [5.74, 6) is 0.951. The summed E-state index contributed by atoms with van der Waals surface area (Å²) in [6.45, 7) is 5.26. The first-order chi connectivity index (χ1) is 11.6. The van der Waals surface area contributed by atoms with Crippen LogP contribution < -0.4 is 14.8 Å². The molecule has 2 rings (SSSR count). The molecule has 0 saturated carbocycles. The lowest BCUT2D eigenvalue weighted by atomic mass is 10.2. The molecule has 2 aromatic rings. The second-order valence-corrected chi connectivity index (χ2v) is 5.61. The van der Waals surface area contributed by atoms with Crippen LogP contribution in [0.2, 0.25) is 5.02 Å². The number of anilines is 1. The van der Waals surface area contributed by atoms with Crippen molar-refractivity contribution in [1.29, 1.82) is 0 Å². The molecule has 1 heterocycles. The Labute approximate surface area is 147 Å². The Morgan fingerprint density at radius 2 is 1.79 bits per heavy atom. The van der Waals surface area contributed by atoms with Gasteiger partial charge in [-0.1, -0.05) is 25.4 Å². The lowest BCUT2D eigenvalue weighted by Gasteiger charge is -2.14. The van der Waals surface area contributed by atoms with Gasteiger partial charge < -0.3 is 14.8 Å². The Hall–Kier alpha value is -2.27. The van der Waals surface area contributed by atoms with Gasteiger partial charge in [0.25, 0.3) is 5.91 Å². The van der Waals surface area contributed by atoms with Crippen molar-refractivity contribution in [2.75, 3.05) is 18.5 Å². The summed E-state index contributed by atoms with van der Waals surface area (Å²) in [7, 11) is 0. The fraction of sp³-hybridized carbons (Fsp3) is 0.333. The number of hydrogen-bond acceptors (Lipinski definition) is 4. The van der Waals surface area contributed by atoms with Crippen molar-refractivity contribution < 1.29 is 14.3 Å². The van der Waals surface area contributed by atoms with Crippen molar-refractivity contribution in [1.82, 2.24) is 4.98 Å². The van der Waals surface area contributed by atoms with Crippen LogP contribution in [0.5, 0.6) is 11.5 Å². The van der Waals surface area contributed by atoms with Gasteiger partial charge in [-0.25, -0.2) is 0 Å². The lowest BCUT2D eigenvalue weighted by molar-refractivity contribution is 0.102. The van der Waals surface area contributed by atoms with Crippen LogP contribution in [0.25, 0.3) is 0 Å². The maximum absolute atomic E-state index is 12.2. The Bertz CT molecular complexity index is 692. The predicted molar refractivity (Wildman–Crippen MR) is 95.2 cm³/mol. The van der Waals surface area contributed by atoms with Crippen molar-refractivity contribution in [2.24, 2.45) is 0 Å². The van der Waals surface area contributed by atoms with Crippen molar-refractivity contribution in [3.05, 3.63) is 47.2 Å². The number of ether oxygens (including phenoxy) is 2. The first-order valence-electron chi connectivity index (χ1n) is 7.96. The zero-order chi connectivity index (χ0) is 17.4. The SMILES string of the molecule is CCCOc1ccc(NC(=O)c2cc(Cl)ccn2)cc1OCCC. The highest BCUT2D eigenvalue weighted by atomic mass is 35.5. The van der Waals surface area contributed by atoms with Crippen molar-refractivity contribution in [3.63, 3.8) is 0 Å². The minimum absolute atomic E-state index is 0.254. The first kappa shape index (κ1) is 18.1. The van der Waals surface area contributed by atoms with Crippen LogP contribution in [0, 0.1) is 0 Å². The predicted octanol–water partition coefficient (Wildman–Crippen LogP) is 4.56. The number of halogens is 1. The number of rotatable bonds is 8. The van der Waals surface area contributed by atoms with E-state index in [1.807, 2.05) is 13.8 Å². The summed E-state index contributed by atoms with van der Waals surface area (Å²) >= 11 is 5.89. The Kier molecular flexibility index (Phi) is 6.88. The molecule has 128 valence electrons. The third-order valence-corrected chi connectivity index (χ3v) is 3.31. The molecule has 0 spiro atoms. The lowest BCUT2D eigenvalue weighted by Crippen LogP contribution is -2.13. The van der Waals surface area contributed by atoms with Gasteiger partial charge >= 0.3 is 0 Å². The molecule has 0 aliphatic heterocycles. The highest BCUT2D eigenvalue weighted by molar-refractivity contribution is 6.30. The van der Waals surface area contributed by atoms with Crippen LogP contribution in [0.1, 0.15) is 37.2 Å². The maximum atomic E-state index is 12.2. The van der Waals surface area contributed by atoms with E-state index in [4.69, 9.17) is 21.1 Å². The number of aromatic nitrogens is 1. The van der Waals surface area contributed by atoms with Gasteiger partial charge in [0.2, 0.25) is 0 Å². The van der Waals surface area contributed by atoms with Crippen LogP contribution in [0.15, 0.2) is 36.5 Å². The van der Waals surface area contributed by atoms with Crippen LogP contribution in [-0.2, 0) is 0 Å². The molecule has 6 heteroatoms. The van der Waals surface area contributed by atoms with E-state index >= 15 is 0 Å². The Balaban J connectivity index is 2.15. The number of benzene rings is 1. The topological polar surface area (TPSA) is 60.5 Å². The molecule has 1 amide bonds. The van der Waals surface area contributed by atoms with Crippen LogP contribution in [0.3, 0.4) is 0 Å². The molecular weight excluding hydrogens is 328 g/mol. The summed E-state index contributed by atoms with van der Waals surface area (Å²) in [6.07, 6.45) is 3.29. The van der Waals surface area contributed by atoms with Crippen molar-refractivity contribution >= 4 is 23.2 Å². The number of pyridine rings is 1. The van der Waals surface area contributed by atoms with Gasteiger partial charge in [0.15, 0.2) is 11.5 Å². The summed E-state index contributed by atoms with van der Waals surface area (Å²) in [5, 5.41) is 3.25. The zero-order valence-corrected chi connectivity index (χ0v) is 14.6. The number of hydrogen-bond donors (Lipinski definition) is 1. The summed E-state index contributed by atoms with van der Waals surface area (Å²) in [6, 6.07) is 8.45. The second kappa shape index (κ2) is 9.13. The third-order valence-electron chi connectivity index (χ3n) is 3.08. The van der Waals surface area contributed by atoms with Gasteiger partial charge in [-0.15, -0.1) is 0 Å². The molecular formula is C18H21ClN2O3. The van der Waals surface area contributed by atoms with E-state index in [1.165, 1.54) is 12.3 Å². The molecule has 0 unspecified atom stereocenters. The normalized spacial score (nSPS) is 10.3. The molecule has 1 aromatic heterocycles. The number of amides is 1. The van der Waals surface area contributed by atoms with Crippen molar-refractivity contribution in [2.45, 2.75) is 26.7 Å². The molecule has 0 fully saturated rings. The molecule has 0 aliphatic carbocycles. The standard InChI is InChI=1S/C18H21ClN2O3/c1-3-9-23-16-6-5-14(12-17(16)24-10-4-2)21-18(22)15-11-13(19)7-8-20-15/h5-8,11-12H,3-4,9-10H2,1-2H3,(H,21,22). The quantitative estimate of drug-likeness (QED) is 0.759. The minimum Gasteiger partial charge on any atom is -0.490 e. The molecule has 0 bridgehead atoms. The largest absolute Gasteiger partial charge is 0.490 e. The molecule has 0 atom stereocenters. The number of carbonyl (C=O) groups is 1. The number of carbonyl (C=O) groups excluding carboxylic acids is 1. The molecule has 0 radical (unpaired) electrons. The molecule has 1 N–H and O–H groups in total. The smallest absolute Gasteiger partial charge is 0.274 e. The maximum Gasteiger partial charge on any atom is 0.274 e. The van der Waals surface area contributed by atoms with E-state index in [0.717, 1.165) is 12.8 Å². The zero-order valence-electron chi connectivity index (χ0n) is 13.8. The van der Waals surface area contributed by atoms with E-state index in [1.54, 1.807) is 24.3 Å². The second-order valence-electron chi connectivity index (χ2n) is 5.17. The summed E-state index contributed by atoms with van der Waals surface area (Å²) < 4.78 is 11.4.